The number of ether oxygens (including phenoxy) is 1. The van der Waals surface area contributed by atoms with Gasteiger partial charge in [-0.3, -0.25) is 9.59 Å². The van der Waals surface area contributed by atoms with Crippen molar-refractivity contribution in [2.24, 2.45) is 0 Å². The number of hydrogen-bond donors (Lipinski definition) is 0. The molecule has 0 N–H and O–H groups in total. The molecule has 0 saturated heterocycles. The first kappa shape index (κ1) is 8.61. The van der Waals surface area contributed by atoms with E-state index in [1.807, 2.05) is 0 Å². The zero-order valence-corrected chi connectivity index (χ0v) is 6.49. The number of carbonyl (C=O) groups is 2. The van der Waals surface area contributed by atoms with E-state index in [1.165, 1.54) is 12.3 Å². The summed E-state index contributed by atoms with van der Waals surface area (Å²) in [6.07, 6.45) is 1.27. The van der Waals surface area contributed by atoms with Gasteiger partial charge >= 0.3 is 0 Å². The van der Waals surface area contributed by atoms with Crippen LogP contribution >= 0.6 is 11.6 Å². The first-order chi connectivity index (χ1) is 5.74. The van der Waals surface area contributed by atoms with E-state index >= 15 is 0 Å². The molecule has 0 aliphatic heterocycles. The molecule has 0 atom stereocenters. The molecule has 0 spiro atoms. The van der Waals surface area contributed by atoms with Gasteiger partial charge in [0.25, 0.3) is 11.7 Å². The van der Waals surface area contributed by atoms with Crippen molar-refractivity contribution < 1.29 is 14.3 Å². The lowest BCUT2D eigenvalue weighted by Gasteiger charge is -1.95. The van der Waals surface area contributed by atoms with Gasteiger partial charge in [0.2, 0.25) is 11.7 Å². The quantitative estimate of drug-likeness (QED) is 0.505. The number of hydrogen-bond acceptors (Lipinski definition) is 5. The van der Waals surface area contributed by atoms with E-state index in [9.17, 15) is 9.59 Å². The maximum absolute atomic E-state index is 10.5. The van der Waals surface area contributed by atoms with Gasteiger partial charge < -0.3 is 4.74 Å². The van der Waals surface area contributed by atoms with Crippen LogP contribution in [0.1, 0.15) is 10.6 Å². The molecule has 0 unspecified atom stereocenters. The van der Waals surface area contributed by atoms with Crippen molar-refractivity contribution in [3.8, 4) is 5.88 Å². The van der Waals surface area contributed by atoms with Crippen LogP contribution in [0.5, 0.6) is 5.88 Å². The van der Waals surface area contributed by atoms with Crippen LogP contribution in [0.3, 0.4) is 0 Å². The summed E-state index contributed by atoms with van der Waals surface area (Å²) in [6.45, 7) is 0.199. The maximum Gasteiger partial charge on any atom is 0.299 e. The summed E-state index contributed by atoms with van der Waals surface area (Å²) in [5.74, 6) is -0.208. The van der Waals surface area contributed by atoms with Crippen LogP contribution in [0.25, 0.3) is 0 Å². The molecule has 62 valence electrons. The van der Waals surface area contributed by atoms with E-state index in [2.05, 4.69) is 14.7 Å². The molecule has 1 heterocycles. The minimum Gasteiger partial charge on any atom is -0.410 e. The molecular formula is C6H3ClN2O3. The molecule has 0 fully saturated rings. The van der Waals surface area contributed by atoms with Gasteiger partial charge in [-0.05, 0) is 11.6 Å². The van der Waals surface area contributed by atoms with Crippen LogP contribution in [0, 0.1) is 0 Å². The Morgan fingerprint density at radius 2 is 2.42 bits per heavy atom. The predicted molar refractivity (Wildman–Crippen MR) is 38.9 cm³/mol. The summed E-state index contributed by atoms with van der Waals surface area (Å²) in [7, 11) is 0. The predicted octanol–water partition coefficient (Wildman–Crippen LogP) is 0.391. The van der Waals surface area contributed by atoms with Crippen LogP contribution in [0.4, 0.5) is 0 Å². The molecule has 0 bridgehead atoms. The number of nitrogens with zero attached hydrogens (tertiary/aromatic N) is 2. The SMILES string of the molecule is O=COc1ccnc(C(=O)Cl)n1. The first-order valence-corrected chi connectivity index (χ1v) is 3.25. The van der Waals surface area contributed by atoms with Crippen molar-refractivity contribution in [3.63, 3.8) is 0 Å². The van der Waals surface area contributed by atoms with Gasteiger partial charge in [-0.15, -0.1) is 0 Å². The molecule has 1 aromatic heterocycles. The summed E-state index contributed by atoms with van der Waals surface area (Å²) in [6, 6.07) is 1.33. The second-order valence-electron chi connectivity index (χ2n) is 1.71. The standard InChI is InChI=1S/C6H3ClN2O3/c7-5(11)6-8-2-1-4(9-6)12-3-10/h1-3H. The van der Waals surface area contributed by atoms with Crippen molar-refractivity contribution in [1.29, 1.82) is 0 Å². The number of aromatic nitrogens is 2. The highest BCUT2D eigenvalue weighted by molar-refractivity contribution is 6.67. The van der Waals surface area contributed by atoms with E-state index in [0.717, 1.165) is 0 Å². The molecule has 5 nitrogen and oxygen atoms in total. The number of halogens is 1. The van der Waals surface area contributed by atoms with E-state index in [-0.39, 0.29) is 18.2 Å². The number of rotatable bonds is 3. The van der Waals surface area contributed by atoms with Crippen LogP contribution < -0.4 is 4.74 Å². The summed E-state index contributed by atoms with van der Waals surface area (Å²) < 4.78 is 4.35. The Labute approximate surface area is 72.3 Å². The molecule has 0 saturated carbocycles. The Bertz CT molecular complexity index is 315. The molecule has 0 aromatic carbocycles. The van der Waals surface area contributed by atoms with Gasteiger partial charge in [-0.25, -0.2) is 4.98 Å². The van der Waals surface area contributed by atoms with E-state index in [0.29, 0.717) is 0 Å². The molecule has 1 aromatic rings. The molecule has 12 heavy (non-hydrogen) atoms. The highest BCUT2D eigenvalue weighted by atomic mass is 35.5. The largest absolute Gasteiger partial charge is 0.410 e. The molecule has 0 radical (unpaired) electrons. The zero-order valence-electron chi connectivity index (χ0n) is 5.73. The highest BCUT2D eigenvalue weighted by Crippen LogP contribution is 2.05. The molecule has 1 rings (SSSR count). The third-order valence-electron chi connectivity index (χ3n) is 0.975. The Balaban J connectivity index is 2.95. The summed E-state index contributed by atoms with van der Waals surface area (Å²) in [4.78, 5) is 27.4. The minimum absolute atomic E-state index is 0.0102. The lowest BCUT2D eigenvalue weighted by atomic mass is 10.6. The van der Waals surface area contributed by atoms with Gasteiger partial charge in [0.1, 0.15) is 0 Å². The normalized spacial score (nSPS) is 9.08. The highest BCUT2D eigenvalue weighted by Gasteiger charge is 2.05. The second-order valence-corrected chi connectivity index (χ2v) is 2.05. The second kappa shape index (κ2) is 3.77. The first-order valence-electron chi connectivity index (χ1n) is 2.87. The monoisotopic (exact) mass is 186 g/mol. The fourth-order valence-corrected chi connectivity index (χ4v) is 0.643. The third kappa shape index (κ3) is 2.00. The lowest BCUT2D eigenvalue weighted by molar-refractivity contribution is -0.120. The summed E-state index contributed by atoms with van der Waals surface area (Å²) >= 11 is 5.07. The van der Waals surface area contributed by atoms with Gasteiger partial charge in [-0.1, -0.05) is 0 Å². The lowest BCUT2D eigenvalue weighted by Crippen LogP contribution is -2.00. The fourth-order valence-electron chi connectivity index (χ4n) is 0.552. The van der Waals surface area contributed by atoms with Crippen LogP contribution in [0.15, 0.2) is 12.3 Å². The zero-order chi connectivity index (χ0) is 8.97. The summed E-state index contributed by atoms with van der Waals surface area (Å²) in [5, 5.41) is -0.800. The van der Waals surface area contributed by atoms with Crippen LogP contribution in [0.2, 0.25) is 0 Å². The Kier molecular flexibility index (Phi) is 2.71. The van der Waals surface area contributed by atoms with Crippen molar-refractivity contribution >= 4 is 23.3 Å². The van der Waals surface area contributed by atoms with Crippen LogP contribution in [-0.2, 0) is 4.79 Å². The molecule has 6 heteroatoms. The Morgan fingerprint density at radius 1 is 1.67 bits per heavy atom. The van der Waals surface area contributed by atoms with E-state index in [4.69, 9.17) is 11.6 Å². The van der Waals surface area contributed by atoms with Crippen molar-refractivity contribution in [2.75, 3.05) is 0 Å². The Hall–Kier alpha value is -1.49. The van der Waals surface area contributed by atoms with Gasteiger partial charge in [0.05, 0.1) is 0 Å². The number of carbonyl (C=O) groups excluding carboxylic acids is 2. The van der Waals surface area contributed by atoms with Crippen molar-refractivity contribution in [1.82, 2.24) is 9.97 Å². The summed E-state index contributed by atoms with van der Waals surface area (Å²) in [5.41, 5.74) is 0. The molecule has 0 amide bonds. The minimum atomic E-state index is -0.800. The van der Waals surface area contributed by atoms with Gasteiger partial charge in [0, 0.05) is 12.3 Å². The fraction of sp³-hybridized carbons (Fsp3) is 0. The topological polar surface area (TPSA) is 69.2 Å². The van der Waals surface area contributed by atoms with Crippen LogP contribution in [-0.4, -0.2) is 21.7 Å². The molecule has 0 aliphatic carbocycles. The third-order valence-corrected chi connectivity index (χ3v) is 1.14. The van der Waals surface area contributed by atoms with Crippen molar-refractivity contribution in [3.05, 3.63) is 18.1 Å². The maximum atomic E-state index is 10.5. The smallest absolute Gasteiger partial charge is 0.299 e. The average molecular weight is 187 g/mol. The molecule has 0 aliphatic rings. The average Bonchev–Trinajstić information content (AvgIpc) is 2.05. The van der Waals surface area contributed by atoms with Crippen molar-refractivity contribution in [2.45, 2.75) is 0 Å². The van der Waals surface area contributed by atoms with E-state index < -0.39 is 5.24 Å². The van der Waals surface area contributed by atoms with Gasteiger partial charge in [-0.2, -0.15) is 4.98 Å². The Morgan fingerprint density at radius 3 is 3.00 bits per heavy atom. The van der Waals surface area contributed by atoms with Gasteiger partial charge in [0.15, 0.2) is 0 Å². The van der Waals surface area contributed by atoms with E-state index in [1.54, 1.807) is 0 Å². The molecular weight excluding hydrogens is 184 g/mol.